The number of thiazole rings is 1. The largest absolute Gasteiger partial charge is 0.497 e. The van der Waals surface area contributed by atoms with Crippen molar-refractivity contribution < 1.29 is 14.3 Å². The molecule has 3 N–H and O–H groups in total. The summed E-state index contributed by atoms with van der Waals surface area (Å²) in [6.45, 7) is 1.86. The fraction of sp³-hybridized carbons (Fsp3) is 0.0952. The lowest BCUT2D eigenvalue weighted by Crippen LogP contribution is -2.18. The first kappa shape index (κ1) is 18.7. The van der Waals surface area contributed by atoms with Crippen molar-refractivity contribution in [2.45, 2.75) is 6.92 Å². The van der Waals surface area contributed by atoms with Crippen molar-refractivity contribution in [2.75, 3.05) is 12.4 Å². The summed E-state index contributed by atoms with van der Waals surface area (Å²) in [7, 11) is 1.62. The van der Waals surface area contributed by atoms with E-state index in [9.17, 15) is 9.59 Å². The molecule has 4 rings (SSSR count). The number of aromatic nitrogens is 2. The molecule has 0 atom stereocenters. The molecule has 0 bridgehead atoms. The summed E-state index contributed by atoms with van der Waals surface area (Å²) in [6, 6.07) is 14.3. The maximum absolute atomic E-state index is 12.8. The lowest BCUT2D eigenvalue weighted by atomic mass is 10.1. The summed E-state index contributed by atoms with van der Waals surface area (Å²) in [5, 5.41) is 2.77. The summed E-state index contributed by atoms with van der Waals surface area (Å²) >= 11 is 1.29. The highest BCUT2D eigenvalue weighted by Gasteiger charge is 2.19. The second kappa shape index (κ2) is 7.40. The van der Waals surface area contributed by atoms with Gasteiger partial charge in [-0.25, -0.2) is 4.98 Å². The third-order valence-electron chi connectivity index (χ3n) is 4.59. The normalized spacial score (nSPS) is 10.8. The number of primary amides is 1. The van der Waals surface area contributed by atoms with Crippen LogP contribution in [0.5, 0.6) is 5.75 Å². The Morgan fingerprint density at radius 3 is 2.52 bits per heavy atom. The van der Waals surface area contributed by atoms with Gasteiger partial charge in [0.15, 0.2) is 4.96 Å². The minimum atomic E-state index is -0.595. The number of rotatable bonds is 5. The number of imidazole rings is 1. The quantitative estimate of drug-likeness (QED) is 0.527. The average Bonchev–Trinajstić information content (AvgIpc) is 3.28. The maximum Gasteiger partial charge on any atom is 0.267 e. The number of nitrogens with zero attached hydrogens (tertiary/aromatic N) is 2. The van der Waals surface area contributed by atoms with Gasteiger partial charge in [0, 0.05) is 17.5 Å². The van der Waals surface area contributed by atoms with Crippen molar-refractivity contribution >= 4 is 33.8 Å². The summed E-state index contributed by atoms with van der Waals surface area (Å²) in [4.78, 5) is 30.2. The van der Waals surface area contributed by atoms with Crippen molar-refractivity contribution in [1.82, 2.24) is 9.38 Å². The molecule has 8 heteroatoms. The van der Waals surface area contributed by atoms with Crippen LogP contribution in [0, 0.1) is 6.92 Å². The number of carbonyl (C=O) groups excluding carboxylic acids is 2. The van der Waals surface area contributed by atoms with Crippen LogP contribution in [-0.4, -0.2) is 28.3 Å². The molecule has 0 saturated heterocycles. The summed E-state index contributed by atoms with van der Waals surface area (Å²) < 4.78 is 7.07. The number of carbonyl (C=O) groups is 2. The minimum Gasteiger partial charge on any atom is -0.497 e. The van der Waals surface area contributed by atoms with E-state index < -0.39 is 5.91 Å². The number of aryl methyl sites for hydroxylation is 1. The Morgan fingerprint density at radius 1 is 1.14 bits per heavy atom. The SMILES string of the molecule is COc1ccc(-c2cn3c(C)c(C(=O)Nc4ccccc4C(N)=O)sc3n2)cc1. The molecule has 0 unspecified atom stereocenters. The summed E-state index contributed by atoms with van der Waals surface area (Å²) in [5.74, 6) is -0.124. The molecular formula is C21H18N4O3S. The molecule has 146 valence electrons. The Bertz CT molecular complexity index is 1220. The maximum atomic E-state index is 12.8. The van der Waals surface area contributed by atoms with Gasteiger partial charge in [-0.2, -0.15) is 0 Å². The highest BCUT2D eigenvalue weighted by atomic mass is 32.1. The summed E-state index contributed by atoms with van der Waals surface area (Å²) in [5.41, 5.74) is 8.58. The van der Waals surface area contributed by atoms with E-state index in [0.29, 0.717) is 15.5 Å². The Morgan fingerprint density at radius 2 is 1.86 bits per heavy atom. The minimum absolute atomic E-state index is 0.265. The fourth-order valence-corrected chi connectivity index (χ4v) is 4.05. The zero-order valence-corrected chi connectivity index (χ0v) is 16.6. The van der Waals surface area contributed by atoms with Gasteiger partial charge in [0.25, 0.3) is 11.8 Å². The number of para-hydroxylation sites is 1. The topological polar surface area (TPSA) is 98.7 Å². The first-order valence-corrected chi connectivity index (χ1v) is 9.62. The Balaban J connectivity index is 1.64. The fourth-order valence-electron chi connectivity index (χ4n) is 3.05. The highest BCUT2D eigenvalue weighted by molar-refractivity contribution is 7.19. The van der Waals surface area contributed by atoms with E-state index >= 15 is 0 Å². The lowest BCUT2D eigenvalue weighted by molar-refractivity contribution is 0.100. The van der Waals surface area contributed by atoms with Crippen molar-refractivity contribution in [3.05, 3.63) is 70.9 Å². The van der Waals surface area contributed by atoms with Gasteiger partial charge in [0.05, 0.1) is 24.1 Å². The van der Waals surface area contributed by atoms with E-state index in [1.165, 1.54) is 11.3 Å². The predicted octanol–water partition coefficient (Wildman–Crippen LogP) is 3.73. The van der Waals surface area contributed by atoms with E-state index in [4.69, 9.17) is 10.5 Å². The van der Waals surface area contributed by atoms with Gasteiger partial charge >= 0.3 is 0 Å². The number of benzene rings is 2. The molecule has 7 nitrogen and oxygen atoms in total. The van der Waals surface area contributed by atoms with Crippen LogP contribution >= 0.6 is 11.3 Å². The van der Waals surface area contributed by atoms with Crippen molar-refractivity contribution in [3.63, 3.8) is 0 Å². The molecule has 2 aromatic carbocycles. The van der Waals surface area contributed by atoms with Gasteiger partial charge in [-0.1, -0.05) is 23.5 Å². The highest BCUT2D eigenvalue weighted by Crippen LogP contribution is 2.29. The summed E-state index contributed by atoms with van der Waals surface area (Å²) in [6.07, 6.45) is 1.90. The van der Waals surface area contributed by atoms with Gasteiger partial charge < -0.3 is 15.8 Å². The number of nitrogens with one attached hydrogen (secondary N) is 1. The third-order valence-corrected chi connectivity index (χ3v) is 5.75. The first-order chi connectivity index (χ1) is 14.0. The molecule has 2 aromatic heterocycles. The first-order valence-electron chi connectivity index (χ1n) is 8.81. The van der Waals surface area contributed by atoms with Gasteiger partial charge in [-0.15, -0.1) is 0 Å². The van der Waals surface area contributed by atoms with Crippen LogP contribution in [0.1, 0.15) is 25.7 Å². The van der Waals surface area contributed by atoms with Crippen molar-refractivity contribution in [2.24, 2.45) is 5.73 Å². The molecule has 0 radical (unpaired) electrons. The molecule has 0 aliphatic heterocycles. The number of methoxy groups -OCH3 is 1. The molecule has 0 saturated carbocycles. The zero-order valence-electron chi connectivity index (χ0n) is 15.8. The number of amides is 2. The van der Waals surface area contributed by atoms with Gasteiger partial charge in [-0.3, -0.25) is 14.0 Å². The molecule has 0 aliphatic carbocycles. The molecule has 2 amide bonds. The number of anilines is 1. The van der Waals surface area contributed by atoms with Crippen LogP contribution < -0.4 is 15.8 Å². The smallest absolute Gasteiger partial charge is 0.267 e. The second-order valence-electron chi connectivity index (χ2n) is 6.39. The molecule has 2 heterocycles. The average molecular weight is 406 g/mol. The third kappa shape index (κ3) is 3.45. The van der Waals surface area contributed by atoms with Gasteiger partial charge in [0.1, 0.15) is 10.6 Å². The van der Waals surface area contributed by atoms with Crippen LogP contribution in [0.4, 0.5) is 5.69 Å². The van der Waals surface area contributed by atoms with E-state index in [0.717, 1.165) is 22.7 Å². The molecule has 4 aromatic rings. The van der Waals surface area contributed by atoms with Gasteiger partial charge in [-0.05, 0) is 43.3 Å². The second-order valence-corrected chi connectivity index (χ2v) is 7.37. The van der Waals surface area contributed by atoms with E-state index in [1.807, 2.05) is 41.8 Å². The number of ether oxygens (including phenoxy) is 1. The Labute approximate surface area is 170 Å². The van der Waals surface area contributed by atoms with Crippen molar-refractivity contribution in [3.8, 4) is 17.0 Å². The van der Waals surface area contributed by atoms with Crippen molar-refractivity contribution in [1.29, 1.82) is 0 Å². The molecular weight excluding hydrogens is 388 g/mol. The van der Waals surface area contributed by atoms with Crippen LogP contribution in [0.2, 0.25) is 0 Å². The van der Waals surface area contributed by atoms with Crippen LogP contribution in [0.25, 0.3) is 16.2 Å². The van der Waals surface area contributed by atoms with E-state index in [-0.39, 0.29) is 11.5 Å². The van der Waals surface area contributed by atoms with Gasteiger partial charge in [0.2, 0.25) is 0 Å². The lowest BCUT2D eigenvalue weighted by Gasteiger charge is -2.08. The molecule has 0 fully saturated rings. The number of hydrogen-bond acceptors (Lipinski definition) is 5. The predicted molar refractivity (Wildman–Crippen MR) is 113 cm³/mol. The molecule has 0 spiro atoms. The van der Waals surface area contributed by atoms with Crippen LogP contribution in [-0.2, 0) is 0 Å². The number of fused-ring (bicyclic) bond motifs is 1. The van der Waals surface area contributed by atoms with Crippen LogP contribution in [0.15, 0.2) is 54.7 Å². The number of hydrogen-bond donors (Lipinski definition) is 2. The Kier molecular flexibility index (Phi) is 4.77. The zero-order chi connectivity index (χ0) is 20.5. The van der Waals surface area contributed by atoms with E-state index in [1.54, 1.807) is 31.4 Å². The molecule has 0 aliphatic rings. The van der Waals surface area contributed by atoms with E-state index in [2.05, 4.69) is 10.3 Å². The Hall–Kier alpha value is -3.65. The number of nitrogens with two attached hydrogens (primary N) is 1. The standard InChI is InChI=1S/C21H18N4O3S/c1-12-18(20(27)23-16-6-4-3-5-15(16)19(22)26)29-21-24-17(11-25(12)21)13-7-9-14(28-2)10-8-13/h3-11H,1-2H3,(H2,22,26)(H,23,27). The monoisotopic (exact) mass is 406 g/mol. The van der Waals surface area contributed by atoms with Crippen LogP contribution in [0.3, 0.4) is 0 Å². The molecule has 29 heavy (non-hydrogen) atoms.